The lowest BCUT2D eigenvalue weighted by molar-refractivity contribution is 0.944. The Kier molecular flexibility index (Phi) is 3.11. The van der Waals surface area contributed by atoms with Crippen LogP contribution in [0.5, 0.6) is 0 Å². The largest absolute Gasteiger partial charge is 0.347 e. The Balaban J connectivity index is 2.74. The van der Waals surface area contributed by atoms with Gasteiger partial charge in [0.1, 0.15) is 0 Å². The normalized spacial score (nSPS) is 10.6. The molecule has 84 valence electrons. The molecule has 4 nitrogen and oxygen atoms in total. The van der Waals surface area contributed by atoms with Crippen LogP contribution in [0, 0.1) is 4.77 Å². The summed E-state index contributed by atoms with van der Waals surface area (Å²) in [7, 11) is 0. The number of H-pyrrole nitrogens is 2. The van der Waals surface area contributed by atoms with Gasteiger partial charge in [0.25, 0.3) is 0 Å². The maximum atomic E-state index is 11.6. The molecule has 0 fully saturated rings. The summed E-state index contributed by atoms with van der Waals surface area (Å²) >= 11 is 8.47. The fourth-order valence-corrected chi connectivity index (χ4v) is 2.23. The molecule has 0 aliphatic rings. The molecule has 0 unspecified atom stereocenters. The van der Waals surface area contributed by atoms with Crippen LogP contribution in [-0.2, 0) is 6.42 Å². The highest BCUT2D eigenvalue weighted by Crippen LogP contribution is 2.19. The smallest absolute Gasteiger partial charge is 0.272 e. The van der Waals surface area contributed by atoms with Crippen LogP contribution in [0.25, 0.3) is 5.69 Å². The number of benzene rings is 1. The highest BCUT2D eigenvalue weighted by molar-refractivity contribution is 9.10. The lowest BCUT2D eigenvalue weighted by atomic mass is 10.1. The topological polar surface area (TPSA) is 53.6 Å². The SMILES string of the molecule is CCc1cc(Br)ccc1-n1c(=O)[nH][nH]c1=S. The van der Waals surface area contributed by atoms with Gasteiger partial charge in [-0.3, -0.25) is 5.10 Å². The summed E-state index contributed by atoms with van der Waals surface area (Å²) < 4.78 is 2.83. The highest BCUT2D eigenvalue weighted by Gasteiger charge is 2.08. The van der Waals surface area contributed by atoms with E-state index in [9.17, 15) is 4.79 Å². The van der Waals surface area contributed by atoms with Crippen LogP contribution in [0.15, 0.2) is 27.5 Å². The third-order valence-electron chi connectivity index (χ3n) is 2.35. The summed E-state index contributed by atoms with van der Waals surface area (Å²) in [4.78, 5) is 11.6. The maximum absolute atomic E-state index is 11.6. The molecule has 2 rings (SSSR count). The van der Waals surface area contributed by atoms with E-state index in [0.717, 1.165) is 22.1 Å². The predicted molar refractivity (Wildman–Crippen MR) is 68.7 cm³/mol. The minimum absolute atomic E-state index is 0.248. The molecule has 1 aromatic heterocycles. The summed E-state index contributed by atoms with van der Waals surface area (Å²) in [6.07, 6.45) is 0.834. The van der Waals surface area contributed by atoms with E-state index >= 15 is 0 Å². The first kappa shape index (κ1) is 11.3. The first-order chi connectivity index (χ1) is 7.63. The molecular weight excluding hydrogens is 290 g/mol. The molecule has 0 spiro atoms. The molecular formula is C10H10BrN3OS. The molecule has 1 heterocycles. The van der Waals surface area contributed by atoms with Crippen molar-refractivity contribution in [3.8, 4) is 5.69 Å². The summed E-state index contributed by atoms with van der Waals surface area (Å²) in [5.74, 6) is 0. The minimum atomic E-state index is -0.248. The summed E-state index contributed by atoms with van der Waals surface area (Å²) in [6, 6.07) is 5.76. The Morgan fingerprint density at radius 2 is 2.19 bits per heavy atom. The highest BCUT2D eigenvalue weighted by atomic mass is 79.9. The van der Waals surface area contributed by atoms with Gasteiger partial charge < -0.3 is 0 Å². The number of aromatic amines is 2. The van der Waals surface area contributed by atoms with Gasteiger partial charge in [0, 0.05) is 4.47 Å². The molecule has 2 aromatic rings. The second kappa shape index (κ2) is 4.39. The summed E-state index contributed by atoms with van der Waals surface area (Å²) in [5.41, 5.74) is 1.63. The fraction of sp³-hybridized carbons (Fsp3) is 0.200. The molecule has 0 atom stereocenters. The Hall–Kier alpha value is -1.14. The van der Waals surface area contributed by atoms with Crippen molar-refractivity contribution in [3.63, 3.8) is 0 Å². The Morgan fingerprint density at radius 1 is 1.44 bits per heavy atom. The van der Waals surface area contributed by atoms with Crippen molar-refractivity contribution >= 4 is 28.1 Å². The number of nitrogens with one attached hydrogen (secondary N) is 2. The van der Waals surface area contributed by atoms with Crippen LogP contribution in [0.3, 0.4) is 0 Å². The second-order valence-electron chi connectivity index (χ2n) is 3.32. The van der Waals surface area contributed by atoms with Gasteiger partial charge in [-0.15, -0.1) is 0 Å². The minimum Gasteiger partial charge on any atom is -0.272 e. The van der Waals surface area contributed by atoms with E-state index in [4.69, 9.17) is 12.2 Å². The first-order valence-corrected chi connectivity index (χ1v) is 6.02. The molecule has 16 heavy (non-hydrogen) atoms. The van der Waals surface area contributed by atoms with Crippen LogP contribution >= 0.6 is 28.1 Å². The Morgan fingerprint density at radius 3 is 2.75 bits per heavy atom. The molecule has 0 aliphatic heterocycles. The first-order valence-electron chi connectivity index (χ1n) is 4.82. The van der Waals surface area contributed by atoms with Crippen LogP contribution in [0.1, 0.15) is 12.5 Å². The zero-order valence-corrected chi connectivity index (χ0v) is 11.0. The molecule has 6 heteroatoms. The number of aromatic nitrogens is 3. The van der Waals surface area contributed by atoms with E-state index in [1.165, 1.54) is 4.57 Å². The van der Waals surface area contributed by atoms with Crippen molar-refractivity contribution in [2.45, 2.75) is 13.3 Å². The standard InChI is InChI=1S/C10H10BrN3OS/c1-2-6-5-7(11)3-4-8(6)14-9(15)12-13-10(14)16/h3-5H,2H2,1H3,(H,12,15)(H,13,16). The average Bonchev–Trinajstić information content (AvgIpc) is 2.59. The van der Waals surface area contributed by atoms with Gasteiger partial charge in [0.2, 0.25) is 4.77 Å². The number of aryl methyl sites for hydroxylation is 1. The van der Waals surface area contributed by atoms with Crippen molar-refractivity contribution in [1.82, 2.24) is 14.8 Å². The lowest BCUT2D eigenvalue weighted by Gasteiger charge is -2.07. The van der Waals surface area contributed by atoms with E-state index in [1.54, 1.807) is 0 Å². The third kappa shape index (κ3) is 1.90. The van der Waals surface area contributed by atoms with E-state index in [1.807, 2.05) is 25.1 Å². The molecule has 0 amide bonds. The van der Waals surface area contributed by atoms with Crippen molar-refractivity contribution in [2.75, 3.05) is 0 Å². The van der Waals surface area contributed by atoms with Crippen molar-refractivity contribution in [2.24, 2.45) is 0 Å². The van der Waals surface area contributed by atoms with Gasteiger partial charge >= 0.3 is 5.69 Å². The number of hydrogen-bond acceptors (Lipinski definition) is 2. The zero-order valence-electron chi connectivity index (χ0n) is 8.58. The van der Waals surface area contributed by atoms with Crippen LogP contribution in [0.4, 0.5) is 0 Å². The van der Waals surface area contributed by atoms with Gasteiger partial charge in [0.15, 0.2) is 0 Å². The van der Waals surface area contributed by atoms with Gasteiger partial charge in [0.05, 0.1) is 5.69 Å². The average molecular weight is 300 g/mol. The van der Waals surface area contributed by atoms with Gasteiger partial charge in [-0.1, -0.05) is 22.9 Å². The number of halogens is 1. The van der Waals surface area contributed by atoms with E-state index in [-0.39, 0.29) is 5.69 Å². The molecule has 0 radical (unpaired) electrons. The van der Waals surface area contributed by atoms with Gasteiger partial charge in [-0.2, -0.15) is 0 Å². The summed E-state index contributed by atoms with van der Waals surface area (Å²) in [5, 5.41) is 5.10. The van der Waals surface area contributed by atoms with E-state index in [2.05, 4.69) is 26.1 Å². The molecule has 1 aromatic carbocycles. The quantitative estimate of drug-likeness (QED) is 0.838. The Bertz CT molecular complexity index is 598. The Labute approximate surface area is 105 Å². The van der Waals surface area contributed by atoms with Crippen LogP contribution in [-0.4, -0.2) is 14.8 Å². The molecule has 0 saturated carbocycles. The van der Waals surface area contributed by atoms with E-state index in [0.29, 0.717) is 4.77 Å². The number of hydrogen-bond donors (Lipinski definition) is 2. The summed E-state index contributed by atoms with van der Waals surface area (Å²) in [6.45, 7) is 2.04. The lowest BCUT2D eigenvalue weighted by Crippen LogP contribution is -2.16. The maximum Gasteiger partial charge on any atom is 0.347 e. The molecule has 0 aliphatic carbocycles. The molecule has 0 bridgehead atoms. The fourth-order valence-electron chi connectivity index (χ4n) is 1.59. The molecule has 0 saturated heterocycles. The van der Waals surface area contributed by atoms with Crippen molar-refractivity contribution < 1.29 is 0 Å². The monoisotopic (exact) mass is 299 g/mol. The third-order valence-corrected chi connectivity index (χ3v) is 3.12. The van der Waals surface area contributed by atoms with Crippen molar-refractivity contribution in [1.29, 1.82) is 0 Å². The number of nitrogens with zero attached hydrogens (tertiary/aromatic N) is 1. The zero-order chi connectivity index (χ0) is 11.7. The molecule has 2 N–H and O–H groups in total. The second-order valence-corrected chi connectivity index (χ2v) is 4.62. The van der Waals surface area contributed by atoms with Crippen LogP contribution < -0.4 is 5.69 Å². The van der Waals surface area contributed by atoms with E-state index < -0.39 is 0 Å². The predicted octanol–water partition coefficient (Wildman–Crippen LogP) is 2.55. The van der Waals surface area contributed by atoms with Gasteiger partial charge in [-0.05, 0) is 42.4 Å². The van der Waals surface area contributed by atoms with Crippen molar-refractivity contribution in [3.05, 3.63) is 43.5 Å². The van der Waals surface area contributed by atoms with Gasteiger partial charge in [-0.25, -0.2) is 14.5 Å². The number of rotatable bonds is 2. The van der Waals surface area contributed by atoms with Crippen LogP contribution in [0.2, 0.25) is 0 Å².